The van der Waals surface area contributed by atoms with Crippen molar-refractivity contribution in [1.29, 1.82) is 0 Å². The van der Waals surface area contributed by atoms with Crippen molar-refractivity contribution < 1.29 is 19.1 Å². The van der Waals surface area contributed by atoms with Crippen LogP contribution in [0.15, 0.2) is 65.6 Å². The van der Waals surface area contributed by atoms with Crippen LogP contribution in [0.2, 0.25) is 20.1 Å². The number of halogens is 4. The molecule has 1 aliphatic rings. The molecule has 6 nitrogen and oxygen atoms in total. The van der Waals surface area contributed by atoms with Gasteiger partial charge in [-0.2, -0.15) is 0 Å². The fourth-order valence-corrected chi connectivity index (χ4v) is 4.73. The molecule has 1 saturated heterocycles. The first-order valence-corrected chi connectivity index (χ1v) is 12.7. The average Bonchev–Trinajstić information content (AvgIpc) is 3.09. The normalized spacial score (nSPS) is 14.4. The van der Waals surface area contributed by atoms with E-state index in [2.05, 4.69) is 5.32 Å². The molecule has 3 amide bonds. The van der Waals surface area contributed by atoms with Crippen LogP contribution in [0.4, 0.5) is 10.5 Å². The van der Waals surface area contributed by atoms with E-state index in [1.807, 2.05) is 0 Å². The molecule has 0 unspecified atom stereocenters. The highest BCUT2D eigenvalue weighted by molar-refractivity contribution is 8.18. The first-order valence-electron chi connectivity index (χ1n) is 10.4. The Morgan fingerprint density at radius 3 is 2.36 bits per heavy atom. The Balaban J connectivity index is 1.38. The monoisotopic (exact) mass is 580 g/mol. The van der Waals surface area contributed by atoms with Crippen LogP contribution in [0.1, 0.15) is 11.1 Å². The molecule has 3 aromatic carbocycles. The van der Waals surface area contributed by atoms with Crippen molar-refractivity contribution in [3.8, 4) is 5.75 Å². The van der Waals surface area contributed by atoms with Crippen molar-refractivity contribution in [3.05, 3.63) is 96.8 Å². The van der Waals surface area contributed by atoms with Gasteiger partial charge < -0.3 is 10.1 Å². The van der Waals surface area contributed by atoms with E-state index in [1.165, 1.54) is 0 Å². The van der Waals surface area contributed by atoms with Crippen LogP contribution in [0.5, 0.6) is 5.75 Å². The summed E-state index contributed by atoms with van der Waals surface area (Å²) in [7, 11) is 0. The van der Waals surface area contributed by atoms with Crippen LogP contribution in [0.25, 0.3) is 6.08 Å². The highest BCUT2D eigenvalue weighted by Gasteiger charge is 2.35. The van der Waals surface area contributed by atoms with Gasteiger partial charge in [0, 0.05) is 10.7 Å². The maximum Gasteiger partial charge on any atom is 0.293 e. The quantitative estimate of drug-likeness (QED) is 0.291. The number of ether oxygens (including phenoxy) is 1. The molecule has 4 rings (SSSR count). The third-order valence-electron chi connectivity index (χ3n) is 4.94. The molecule has 3 aromatic rings. The maximum atomic E-state index is 12.8. The number of anilines is 1. The summed E-state index contributed by atoms with van der Waals surface area (Å²) in [6, 6.07) is 16.4. The van der Waals surface area contributed by atoms with Gasteiger partial charge in [-0.05, 0) is 77.5 Å². The van der Waals surface area contributed by atoms with Crippen molar-refractivity contribution in [2.75, 3.05) is 11.9 Å². The molecule has 0 spiro atoms. The lowest BCUT2D eigenvalue weighted by Crippen LogP contribution is -2.27. The molecule has 0 aliphatic carbocycles. The zero-order valence-corrected chi connectivity index (χ0v) is 22.1. The summed E-state index contributed by atoms with van der Waals surface area (Å²) >= 11 is 24.9. The van der Waals surface area contributed by atoms with E-state index < -0.39 is 11.1 Å². The highest BCUT2D eigenvalue weighted by atomic mass is 35.5. The Morgan fingerprint density at radius 2 is 1.67 bits per heavy atom. The van der Waals surface area contributed by atoms with Gasteiger partial charge in [-0.1, -0.05) is 58.5 Å². The summed E-state index contributed by atoms with van der Waals surface area (Å²) in [5, 5.41) is 3.84. The second-order valence-corrected chi connectivity index (χ2v) is 10.2. The molecule has 0 atom stereocenters. The van der Waals surface area contributed by atoms with Gasteiger partial charge in [-0.15, -0.1) is 0 Å². The molecule has 0 saturated carbocycles. The summed E-state index contributed by atoms with van der Waals surface area (Å²) in [4.78, 5) is 38.8. The molecule has 1 heterocycles. The van der Waals surface area contributed by atoms with E-state index in [0.29, 0.717) is 37.6 Å². The zero-order chi connectivity index (χ0) is 25.8. The number of amides is 3. The number of carbonyl (C=O) groups is 3. The zero-order valence-electron chi connectivity index (χ0n) is 18.3. The largest absolute Gasteiger partial charge is 0.482 e. The van der Waals surface area contributed by atoms with Crippen LogP contribution in [0.3, 0.4) is 0 Å². The van der Waals surface area contributed by atoms with Gasteiger partial charge in [0.1, 0.15) is 5.75 Å². The van der Waals surface area contributed by atoms with Crippen molar-refractivity contribution in [2.45, 2.75) is 6.54 Å². The molecule has 11 heteroatoms. The van der Waals surface area contributed by atoms with Gasteiger partial charge in [0.05, 0.1) is 26.5 Å². The molecule has 1 N–H and O–H groups in total. The number of rotatable bonds is 7. The van der Waals surface area contributed by atoms with E-state index in [1.54, 1.807) is 66.7 Å². The molecule has 36 heavy (non-hydrogen) atoms. The van der Waals surface area contributed by atoms with Crippen LogP contribution >= 0.6 is 58.2 Å². The van der Waals surface area contributed by atoms with Gasteiger partial charge >= 0.3 is 0 Å². The molecule has 0 bridgehead atoms. The highest BCUT2D eigenvalue weighted by Crippen LogP contribution is 2.35. The first-order chi connectivity index (χ1) is 17.2. The van der Waals surface area contributed by atoms with E-state index in [0.717, 1.165) is 16.7 Å². The summed E-state index contributed by atoms with van der Waals surface area (Å²) < 4.78 is 5.51. The van der Waals surface area contributed by atoms with Crippen molar-refractivity contribution in [2.24, 2.45) is 0 Å². The average molecular weight is 582 g/mol. The lowest BCUT2D eigenvalue weighted by atomic mass is 10.2. The van der Waals surface area contributed by atoms with Gasteiger partial charge in [0.15, 0.2) is 6.61 Å². The van der Waals surface area contributed by atoms with Crippen molar-refractivity contribution >= 4 is 87.0 Å². The number of nitrogens with one attached hydrogen (secondary N) is 1. The molecule has 0 radical (unpaired) electrons. The minimum atomic E-state index is -0.425. The minimum absolute atomic E-state index is 0.0739. The Kier molecular flexibility index (Phi) is 8.49. The Labute approximate surface area is 231 Å². The van der Waals surface area contributed by atoms with Crippen LogP contribution < -0.4 is 10.1 Å². The summed E-state index contributed by atoms with van der Waals surface area (Å²) in [6.07, 6.45) is 1.57. The number of hydrogen-bond donors (Lipinski definition) is 1. The van der Waals surface area contributed by atoms with Crippen LogP contribution in [-0.4, -0.2) is 28.6 Å². The maximum absolute atomic E-state index is 12.8. The van der Waals surface area contributed by atoms with Gasteiger partial charge in [0.2, 0.25) is 0 Å². The fourth-order valence-electron chi connectivity index (χ4n) is 3.21. The van der Waals surface area contributed by atoms with E-state index in [4.69, 9.17) is 51.1 Å². The van der Waals surface area contributed by atoms with E-state index in [-0.39, 0.29) is 29.0 Å². The Morgan fingerprint density at radius 1 is 0.917 bits per heavy atom. The van der Waals surface area contributed by atoms with Crippen LogP contribution in [-0.2, 0) is 16.1 Å². The van der Waals surface area contributed by atoms with Crippen LogP contribution in [0, 0.1) is 0 Å². The standard InChI is InChI=1S/C25H16Cl4N2O4S/c26-16-3-5-17(6-4-16)30-23(32)13-35-21-8-2-14(9-20(21)29)11-22-24(33)31(25(34)36-22)12-15-1-7-18(27)19(28)10-15/h1-11H,12-13H2,(H,30,32)/b22-11-. The Bertz CT molecular complexity index is 1380. The fraction of sp³-hybridized carbons (Fsp3) is 0.0800. The van der Waals surface area contributed by atoms with Crippen molar-refractivity contribution in [1.82, 2.24) is 4.90 Å². The second-order valence-electron chi connectivity index (χ2n) is 7.55. The predicted molar refractivity (Wildman–Crippen MR) is 145 cm³/mol. The topological polar surface area (TPSA) is 75.7 Å². The number of thioether (sulfide) groups is 1. The predicted octanol–water partition coefficient (Wildman–Crippen LogP) is 7.55. The number of imide groups is 1. The number of nitrogens with zero attached hydrogens (tertiary/aromatic N) is 1. The summed E-state index contributed by atoms with van der Waals surface area (Å²) in [5.74, 6) is -0.493. The van der Waals surface area contributed by atoms with Gasteiger partial charge in [-0.3, -0.25) is 19.3 Å². The second kappa shape index (κ2) is 11.6. The third kappa shape index (κ3) is 6.55. The molecule has 1 fully saturated rings. The van der Waals surface area contributed by atoms with E-state index in [9.17, 15) is 14.4 Å². The Hall–Kier alpha value is -2.68. The molecular formula is C25H16Cl4N2O4S. The van der Waals surface area contributed by atoms with E-state index >= 15 is 0 Å². The third-order valence-corrected chi connectivity index (χ3v) is 7.13. The number of hydrogen-bond acceptors (Lipinski definition) is 5. The molecule has 0 aromatic heterocycles. The first kappa shape index (κ1) is 26.4. The lowest BCUT2D eigenvalue weighted by Gasteiger charge is -2.13. The lowest BCUT2D eigenvalue weighted by molar-refractivity contribution is -0.123. The summed E-state index contributed by atoms with van der Waals surface area (Å²) in [5.41, 5.74) is 1.86. The minimum Gasteiger partial charge on any atom is -0.482 e. The molecule has 184 valence electrons. The van der Waals surface area contributed by atoms with Gasteiger partial charge in [-0.25, -0.2) is 0 Å². The van der Waals surface area contributed by atoms with Gasteiger partial charge in [0.25, 0.3) is 17.1 Å². The molecular weight excluding hydrogens is 566 g/mol. The number of benzene rings is 3. The smallest absolute Gasteiger partial charge is 0.293 e. The van der Waals surface area contributed by atoms with Crippen molar-refractivity contribution in [3.63, 3.8) is 0 Å². The SMILES string of the molecule is O=C(COc1ccc(/C=C2\SC(=O)N(Cc3ccc(Cl)c(Cl)c3)C2=O)cc1Cl)Nc1ccc(Cl)cc1. The molecule has 1 aliphatic heterocycles. The number of carbonyl (C=O) groups excluding carboxylic acids is 3. The summed E-state index contributed by atoms with van der Waals surface area (Å²) in [6.45, 7) is -0.181.